The Hall–Kier alpha value is -2.50. The van der Waals surface area contributed by atoms with Crippen LogP contribution in [0, 0.1) is 20.8 Å². The van der Waals surface area contributed by atoms with Crippen LogP contribution in [0.1, 0.15) is 16.7 Å². The fourth-order valence-electron chi connectivity index (χ4n) is 1.91. The van der Waals surface area contributed by atoms with Crippen molar-refractivity contribution in [1.29, 1.82) is 0 Å². The Kier molecular flexibility index (Phi) is 2.63. The third kappa shape index (κ3) is 2.12. The summed E-state index contributed by atoms with van der Waals surface area (Å²) in [7, 11) is 0. The molecular weight excluding hydrogens is 242 g/mol. The van der Waals surface area contributed by atoms with Crippen molar-refractivity contribution in [2.24, 2.45) is 0 Å². The largest absolute Gasteiger partial charge is 0.437 e. The summed E-state index contributed by atoms with van der Waals surface area (Å²) in [6.07, 6.45) is 0. The van der Waals surface area contributed by atoms with Crippen LogP contribution < -0.4 is 4.74 Å². The minimum absolute atomic E-state index is 0.466. The fraction of sp³-hybridized carbons (Fsp3) is 0.231. The fourth-order valence-corrected chi connectivity index (χ4v) is 1.91. The molecule has 19 heavy (non-hydrogen) atoms. The molecule has 0 radical (unpaired) electrons. The predicted molar refractivity (Wildman–Crippen MR) is 69.3 cm³/mol. The van der Waals surface area contributed by atoms with Gasteiger partial charge in [0.2, 0.25) is 5.88 Å². The van der Waals surface area contributed by atoms with Crippen molar-refractivity contribution in [1.82, 2.24) is 25.3 Å². The first-order chi connectivity index (χ1) is 9.13. The van der Waals surface area contributed by atoms with Crippen molar-refractivity contribution in [2.45, 2.75) is 20.8 Å². The second-order valence-corrected chi connectivity index (χ2v) is 4.51. The number of tetrazole rings is 1. The molecular formula is C13H13N5O. The highest BCUT2D eigenvalue weighted by molar-refractivity contribution is 5.44. The number of aryl methyl sites for hydroxylation is 2. The zero-order valence-electron chi connectivity index (χ0n) is 11.0. The van der Waals surface area contributed by atoms with Gasteiger partial charge in [-0.2, -0.15) is 0 Å². The molecule has 3 rings (SSSR count). The lowest BCUT2D eigenvalue weighted by atomic mass is 10.1. The summed E-state index contributed by atoms with van der Waals surface area (Å²) < 4.78 is 7.16. The maximum absolute atomic E-state index is 5.82. The highest BCUT2D eigenvalue weighted by atomic mass is 16.5. The summed E-state index contributed by atoms with van der Waals surface area (Å²) in [6, 6.07) is 7.64. The maximum atomic E-state index is 5.82. The van der Waals surface area contributed by atoms with E-state index in [0.717, 1.165) is 16.9 Å². The number of hydrogen-bond donors (Lipinski definition) is 0. The van der Waals surface area contributed by atoms with Gasteiger partial charge >= 0.3 is 0 Å². The van der Waals surface area contributed by atoms with Crippen LogP contribution in [0.4, 0.5) is 0 Å². The minimum Gasteiger partial charge on any atom is -0.437 e. The molecule has 0 bridgehead atoms. The van der Waals surface area contributed by atoms with Crippen LogP contribution in [-0.2, 0) is 0 Å². The van der Waals surface area contributed by atoms with E-state index in [1.807, 2.05) is 19.9 Å². The molecule has 6 nitrogen and oxygen atoms in total. The summed E-state index contributed by atoms with van der Waals surface area (Å²) in [6.45, 7) is 6.13. The average Bonchev–Trinajstić information content (AvgIpc) is 2.82. The van der Waals surface area contributed by atoms with Crippen molar-refractivity contribution in [3.8, 4) is 11.6 Å². The standard InChI is InChI=1S/C13H13N5O/c1-8-6-9(2)10(3)11(7-8)19-13-5-4-12-14-16-17-18(12)15-13/h4-7H,1-3H3. The SMILES string of the molecule is Cc1cc(C)c(C)c(Oc2ccc3nnnn3n2)c1. The van der Waals surface area contributed by atoms with E-state index < -0.39 is 0 Å². The molecule has 0 N–H and O–H groups in total. The topological polar surface area (TPSA) is 65.2 Å². The molecule has 0 aliphatic heterocycles. The molecule has 0 aliphatic carbocycles. The summed E-state index contributed by atoms with van der Waals surface area (Å²) in [5, 5.41) is 15.3. The van der Waals surface area contributed by atoms with E-state index in [1.165, 1.54) is 10.2 Å². The van der Waals surface area contributed by atoms with Gasteiger partial charge in [-0.25, -0.2) is 0 Å². The van der Waals surface area contributed by atoms with Crippen molar-refractivity contribution in [3.63, 3.8) is 0 Å². The van der Waals surface area contributed by atoms with Crippen molar-refractivity contribution in [3.05, 3.63) is 41.0 Å². The van der Waals surface area contributed by atoms with Crippen LogP contribution in [0.15, 0.2) is 24.3 Å². The van der Waals surface area contributed by atoms with Gasteiger partial charge in [0, 0.05) is 6.07 Å². The van der Waals surface area contributed by atoms with Gasteiger partial charge in [0.1, 0.15) is 5.75 Å². The molecule has 2 aromatic heterocycles. The minimum atomic E-state index is 0.466. The van der Waals surface area contributed by atoms with E-state index in [4.69, 9.17) is 4.74 Å². The highest BCUT2D eigenvalue weighted by Crippen LogP contribution is 2.27. The number of rotatable bonds is 2. The molecule has 0 fully saturated rings. The van der Waals surface area contributed by atoms with Gasteiger partial charge < -0.3 is 4.74 Å². The van der Waals surface area contributed by atoms with Gasteiger partial charge in [-0.05, 0) is 60.0 Å². The number of ether oxygens (including phenoxy) is 1. The molecule has 0 spiro atoms. The Morgan fingerprint density at radius 1 is 1.11 bits per heavy atom. The van der Waals surface area contributed by atoms with Crippen LogP contribution >= 0.6 is 0 Å². The first-order valence-electron chi connectivity index (χ1n) is 5.94. The number of benzene rings is 1. The molecule has 0 atom stereocenters. The van der Waals surface area contributed by atoms with Gasteiger partial charge in [-0.1, -0.05) is 6.07 Å². The smallest absolute Gasteiger partial charge is 0.239 e. The van der Waals surface area contributed by atoms with Gasteiger partial charge in [-0.15, -0.1) is 14.8 Å². The zero-order valence-corrected chi connectivity index (χ0v) is 11.0. The molecule has 3 aromatic rings. The first-order valence-corrected chi connectivity index (χ1v) is 5.94. The third-order valence-corrected chi connectivity index (χ3v) is 3.02. The summed E-state index contributed by atoms with van der Waals surface area (Å²) in [5.74, 6) is 1.27. The van der Waals surface area contributed by atoms with Crippen LogP contribution in [0.25, 0.3) is 5.65 Å². The van der Waals surface area contributed by atoms with Crippen LogP contribution in [0.2, 0.25) is 0 Å². The van der Waals surface area contributed by atoms with Gasteiger partial charge in [0.05, 0.1) is 0 Å². The molecule has 6 heteroatoms. The van der Waals surface area contributed by atoms with Gasteiger partial charge in [0.15, 0.2) is 5.65 Å². The van der Waals surface area contributed by atoms with Crippen molar-refractivity contribution < 1.29 is 4.74 Å². The molecule has 0 unspecified atom stereocenters. The summed E-state index contributed by atoms with van der Waals surface area (Å²) in [5.41, 5.74) is 4.04. The van der Waals surface area contributed by atoms with Gasteiger partial charge in [0.25, 0.3) is 0 Å². The molecule has 2 heterocycles. The lowest BCUT2D eigenvalue weighted by Crippen LogP contribution is -1.98. The summed E-state index contributed by atoms with van der Waals surface area (Å²) >= 11 is 0. The highest BCUT2D eigenvalue weighted by Gasteiger charge is 2.07. The molecule has 1 aromatic carbocycles. The zero-order chi connectivity index (χ0) is 13.4. The van der Waals surface area contributed by atoms with E-state index in [-0.39, 0.29) is 0 Å². The Morgan fingerprint density at radius 2 is 1.95 bits per heavy atom. The molecule has 0 saturated heterocycles. The van der Waals surface area contributed by atoms with E-state index in [2.05, 4.69) is 33.6 Å². The lowest BCUT2D eigenvalue weighted by Gasteiger charge is -2.10. The van der Waals surface area contributed by atoms with E-state index in [9.17, 15) is 0 Å². The monoisotopic (exact) mass is 255 g/mol. The Bertz CT molecular complexity index is 750. The number of hydrogen-bond acceptors (Lipinski definition) is 5. The lowest BCUT2D eigenvalue weighted by molar-refractivity contribution is 0.443. The van der Waals surface area contributed by atoms with Crippen LogP contribution in [-0.4, -0.2) is 25.3 Å². The van der Waals surface area contributed by atoms with E-state index >= 15 is 0 Å². The molecule has 0 saturated carbocycles. The quantitative estimate of drug-likeness (QED) is 0.702. The number of fused-ring (bicyclic) bond motifs is 1. The average molecular weight is 255 g/mol. The van der Waals surface area contributed by atoms with E-state index in [1.54, 1.807) is 12.1 Å². The van der Waals surface area contributed by atoms with Gasteiger partial charge in [-0.3, -0.25) is 0 Å². The second kappa shape index (κ2) is 4.31. The Labute approximate surface area is 110 Å². The Morgan fingerprint density at radius 3 is 2.79 bits per heavy atom. The second-order valence-electron chi connectivity index (χ2n) is 4.51. The Balaban J connectivity index is 2.00. The third-order valence-electron chi connectivity index (χ3n) is 3.02. The number of nitrogens with zero attached hydrogens (tertiary/aromatic N) is 5. The molecule has 96 valence electrons. The maximum Gasteiger partial charge on any atom is 0.239 e. The van der Waals surface area contributed by atoms with Crippen molar-refractivity contribution in [2.75, 3.05) is 0 Å². The predicted octanol–water partition coefficient (Wildman–Crippen LogP) is 2.24. The van der Waals surface area contributed by atoms with Crippen LogP contribution in [0.3, 0.4) is 0 Å². The molecule has 0 amide bonds. The summed E-state index contributed by atoms with van der Waals surface area (Å²) in [4.78, 5) is 0. The van der Waals surface area contributed by atoms with Crippen LogP contribution in [0.5, 0.6) is 11.6 Å². The van der Waals surface area contributed by atoms with Crippen molar-refractivity contribution >= 4 is 5.65 Å². The molecule has 0 aliphatic rings. The first kappa shape index (κ1) is 11.6. The number of aromatic nitrogens is 5. The van der Waals surface area contributed by atoms with E-state index in [0.29, 0.717) is 11.5 Å². The normalized spacial score (nSPS) is 10.9.